The van der Waals surface area contributed by atoms with Crippen molar-refractivity contribution in [3.8, 4) is 0 Å². The lowest BCUT2D eigenvalue weighted by molar-refractivity contribution is 0.171. The van der Waals surface area contributed by atoms with Crippen molar-refractivity contribution in [3.63, 3.8) is 0 Å². The molecular formula is C16H16ClNO. The fraction of sp³-hybridized carbons (Fsp3) is 0.438. The summed E-state index contributed by atoms with van der Waals surface area (Å²) in [6, 6.07) is 6.00. The summed E-state index contributed by atoms with van der Waals surface area (Å²) in [5.41, 5.74) is 1.88. The van der Waals surface area contributed by atoms with Gasteiger partial charge >= 0.3 is 0 Å². The van der Waals surface area contributed by atoms with Crippen molar-refractivity contribution < 1.29 is 0 Å². The highest BCUT2D eigenvalue weighted by Gasteiger charge is 2.53. The van der Waals surface area contributed by atoms with Gasteiger partial charge in [0.15, 0.2) is 0 Å². The molecule has 0 bridgehead atoms. The lowest BCUT2D eigenvalue weighted by Crippen LogP contribution is -2.34. The quantitative estimate of drug-likeness (QED) is 0.767. The molecule has 1 aromatic heterocycles. The molecule has 0 unspecified atom stereocenters. The Hall–Kier alpha value is -1.28. The third kappa shape index (κ3) is 1.66. The van der Waals surface area contributed by atoms with Gasteiger partial charge in [0.2, 0.25) is 0 Å². The Bertz CT molecular complexity index is 734. The number of benzene rings is 1. The molecule has 0 amide bonds. The predicted octanol–water partition coefficient (Wildman–Crippen LogP) is 4.08. The first kappa shape index (κ1) is 11.5. The van der Waals surface area contributed by atoms with E-state index in [0.29, 0.717) is 16.5 Å². The van der Waals surface area contributed by atoms with Gasteiger partial charge in [0.05, 0.1) is 0 Å². The van der Waals surface area contributed by atoms with Crippen molar-refractivity contribution in [1.29, 1.82) is 0 Å². The SMILES string of the molecule is Cc1cn(C2CC3(CC3)C2)c(=O)c2cc(Cl)ccc12. The molecule has 1 aromatic carbocycles. The molecule has 98 valence electrons. The number of nitrogens with zero attached hydrogens (tertiary/aromatic N) is 1. The fourth-order valence-corrected chi connectivity index (χ4v) is 3.68. The van der Waals surface area contributed by atoms with E-state index < -0.39 is 0 Å². The zero-order chi connectivity index (χ0) is 13.2. The molecule has 0 N–H and O–H groups in total. The van der Waals surface area contributed by atoms with E-state index in [2.05, 4.69) is 6.92 Å². The molecule has 1 spiro atoms. The fourth-order valence-electron chi connectivity index (χ4n) is 3.51. The van der Waals surface area contributed by atoms with E-state index in [1.54, 1.807) is 6.07 Å². The van der Waals surface area contributed by atoms with Crippen LogP contribution in [0.1, 0.15) is 37.3 Å². The summed E-state index contributed by atoms with van der Waals surface area (Å²) in [7, 11) is 0. The third-order valence-corrected chi connectivity index (χ3v) is 5.13. The minimum Gasteiger partial charge on any atom is -0.312 e. The molecule has 0 saturated heterocycles. The van der Waals surface area contributed by atoms with Crippen LogP contribution in [0.2, 0.25) is 5.02 Å². The summed E-state index contributed by atoms with van der Waals surface area (Å²) in [5.74, 6) is 0. The van der Waals surface area contributed by atoms with Crippen LogP contribution in [-0.2, 0) is 0 Å². The highest BCUT2D eigenvalue weighted by molar-refractivity contribution is 6.31. The van der Waals surface area contributed by atoms with Gasteiger partial charge in [0.25, 0.3) is 5.56 Å². The second kappa shape index (κ2) is 3.63. The van der Waals surface area contributed by atoms with E-state index in [1.165, 1.54) is 25.7 Å². The number of pyridine rings is 1. The van der Waals surface area contributed by atoms with Crippen molar-refractivity contribution in [3.05, 3.63) is 45.3 Å². The number of fused-ring (bicyclic) bond motifs is 1. The monoisotopic (exact) mass is 273 g/mol. The molecule has 2 nitrogen and oxygen atoms in total. The largest absolute Gasteiger partial charge is 0.312 e. The van der Waals surface area contributed by atoms with Crippen LogP contribution < -0.4 is 5.56 Å². The number of hydrogen-bond acceptors (Lipinski definition) is 1. The van der Waals surface area contributed by atoms with Gasteiger partial charge in [-0.2, -0.15) is 0 Å². The zero-order valence-electron chi connectivity index (χ0n) is 10.9. The average Bonchev–Trinajstić information content (AvgIpc) is 3.12. The van der Waals surface area contributed by atoms with Gasteiger partial charge in [0.1, 0.15) is 0 Å². The Morgan fingerprint density at radius 2 is 2.00 bits per heavy atom. The van der Waals surface area contributed by atoms with Crippen LogP contribution in [0.3, 0.4) is 0 Å². The third-order valence-electron chi connectivity index (χ3n) is 4.89. The lowest BCUT2D eigenvalue weighted by atomic mass is 9.76. The number of hydrogen-bond donors (Lipinski definition) is 0. The molecular weight excluding hydrogens is 258 g/mol. The molecule has 0 aliphatic heterocycles. The Labute approximate surface area is 117 Å². The molecule has 2 saturated carbocycles. The first-order valence-electron chi connectivity index (χ1n) is 6.89. The van der Waals surface area contributed by atoms with Gasteiger partial charge in [-0.15, -0.1) is 0 Å². The maximum Gasteiger partial charge on any atom is 0.258 e. The topological polar surface area (TPSA) is 22.0 Å². The Morgan fingerprint density at radius 1 is 1.26 bits per heavy atom. The maximum atomic E-state index is 12.6. The van der Waals surface area contributed by atoms with Crippen molar-refractivity contribution in [2.24, 2.45) is 5.41 Å². The maximum absolute atomic E-state index is 12.6. The van der Waals surface area contributed by atoms with Crippen molar-refractivity contribution in [2.45, 2.75) is 38.6 Å². The molecule has 0 atom stereocenters. The van der Waals surface area contributed by atoms with E-state index in [0.717, 1.165) is 16.3 Å². The first-order chi connectivity index (χ1) is 9.08. The van der Waals surface area contributed by atoms with E-state index in [9.17, 15) is 4.79 Å². The summed E-state index contributed by atoms with van der Waals surface area (Å²) in [6.07, 6.45) is 7.10. The van der Waals surface area contributed by atoms with Crippen LogP contribution in [0.5, 0.6) is 0 Å². The molecule has 2 fully saturated rings. The molecule has 0 radical (unpaired) electrons. The molecule has 2 aliphatic rings. The van der Waals surface area contributed by atoms with Crippen molar-refractivity contribution in [1.82, 2.24) is 4.57 Å². The molecule has 2 aliphatic carbocycles. The highest BCUT2D eigenvalue weighted by Crippen LogP contribution is 2.64. The smallest absolute Gasteiger partial charge is 0.258 e. The molecule has 2 aromatic rings. The summed E-state index contributed by atoms with van der Waals surface area (Å²) in [5, 5.41) is 2.41. The van der Waals surface area contributed by atoms with Crippen LogP contribution >= 0.6 is 11.6 Å². The van der Waals surface area contributed by atoms with Crippen LogP contribution in [0, 0.1) is 12.3 Å². The van der Waals surface area contributed by atoms with Crippen LogP contribution in [0.4, 0.5) is 0 Å². The van der Waals surface area contributed by atoms with Crippen LogP contribution in [-0.4, -0.2) is 4.57 Å². The van der Waals surface area contributed by atoms with Gasteiger partial charge < -0.3 is 4.57 Å². The average molecular weight is 274 g/mol. The molecule has 1 heterocycles. The van der Waals surface area contributed by atoms with Crippen molar-refractivity contribution in [2.75, 3.05) is 0 Å². The van der Waals surface area contributed by atoms with Gasteiger partial charge in [-0.25, -0.2) is 0 Å². The minimum absolute atomic E-state index is 0.114. The van der Waals surface area contributed by atoms with Crippen LogP contribution in [0.25, 0.3) is 10.8 Å². The predicted molar refractivity (Wildman–Crippen MR) is 77.9 cm³/mol. The number of aryl methyl sites for hydroxylation is 1. The van der Waals surface area contributed by atoms with E-state index in [1.807, 2.05) is 22.9 Å². The van der Waals surface area contributed by atoms with E-state index in [4.69, 9.17) is 11.6 Å². The Balaban J connectivity index is 1.87. The normalized spacial score (nSPS) is 20.7. The standard InChI is InChI=1S/C16H16ClNO/c1-10-9-18(12-7-16(8-12)4-5-16)15(19)14-6-11(17)2-3-13(10)14/h2-3,6,9,12H,4-5,7-8H2,1H3. The minimum atomic E-state index is 0.114. The summed E-state index contributed by atoms with van der Waals surface area (Å²) >= 11 is 6.03. The first-order valence-corrected chi connectivity index (χ1v) is 7.27. The number of halogens is 1. The van der Waals surface area contributed by atoms with Crippen molar-refractivity contribution >= 4 is 22.4 Å². The lowest BCUT2D eigenvalue weighted by Gasteiger charge is -2.37. The highest BCUT2D eigenvalue weighted by atomic mass is 35.5. The van der Waals surface area contributed by atoms with E-state index >= 15 is 0 Å². The second-order valence-corrected chi connectivity index (χ2v) is 6.71. The Kier molecular flexibility index (Phi) is 2.21. The summed E-state index contributed by atoms with van der Waals surface area (Å²) in [4.78, 5) is 12.6. The number of aromatic nitrogens is 1. The molecule has 3 heteroatoms. The van der Waals surface area contributed by atoms with Crippen LogP contribution in [0.15, 0.2) is 29.2 Å². The van der Waals surface area contributed by atoms with E-state index in [-0.39, 0.29) is 5.56 Å². The number of rotatable bonds is 1. The second-order valence-electron chi connectivity index (χ2n) is 6.28. The van der Waals surface area contributed by atoms with Gasteiger partial charge in [-0.1, -0.05) is 17.7 Å². The Morgan fingerprint density at radius 3 is 2.68 bits per heavy atom. The van der Waals surface area contributed by atoms with Gasteiger partial charge in [-0.05, 0) is 61.1 Å². The zero-order valence-corrected chi connectivity index (χ0v) is 11.7. The summed E-state index contributed by atoms with van der Waals surface area (Å²) in [6.45, 7) is 2.07. The summed E-state index contributed by atoms with van der Waals surface area (Å²) < 4.78 is 1.94. The van der Waals surface area contributed by atoms with Gasteiger partial charge in [-0.3, -0.25) is 4.79 Å². The van der Waals surface area contributed by atoms with Gasteiger partial charge in [0, 0.05) is 22.6 Å². The molecule has 4 rings (SSSR count). The molecule has 19 heavy (non-hydrogen) atoms.